The van der Waals surface area contributed by atoms with E-state index in [2.05, 4.69) is 40.0 Å². The van der Waals surface area contributed by atoms with Crippen molar-refractivity contribution in [3.8, 4) is 0 Å². The number of carbonyl (C=O) groups excluding carboxylic acids is 1. The Morgan fingerprint density at radius 3 is 2.82 bits per heavy atom. The van der Waals surface area contributed by atoms with Crippen LogP contribution in [0.15, 0.2) is 34.5 Å². The van der Waals surface area contributed by atoms with Gasteiger partial charge in [0.25, 0.3) is 5.91 Å². The third-order valence-corrected chi connectivity index (χ3v) is 6.46. The summed E-state index contributed by atoms with van der Waals surface area (Å²) in [5.41, 5.74) is 3.00. The maximum Gasteiger partial charge on any atom is 0.290 e. The third-order valence-electron chi connectivity index (χ3n) is 6.46. The number of imidazole rings is 1. The summed E-state index contributed by atoms with van der Waals surface area (Å²) >= 11 is 0. The number of ether oxygens (including phenoxy) is 1. The fraction of sp³-hybridized carbons (Fsp3) is 0.615. The number of aryl methyl sites for hydroxylation is 1. The smallest absolute Gasteiger partial charge is 0.290 e. The molecule has 34 heavy (non-hydrogen) atoms. The first-order valence-electron chi connectivity index (χ1n) is 12.1. The van der Waals surface area contributed by atoms with Crippen LogP contribution in [0.1, 0.15) is 57.6 Å². The fourth-order valence-corrected chi connectivity index (χ4v) is 4.85. The van der Waals surface area contributed by atoms with Gasteiger partial charge in [-0.1, -0.05) is 33.4 Å². The van der Waals surface area contributed by atoms with Crippen molar-refractivity contribution in [1.82, 2.24) is 19.8 Å². The Balaban J connectivity index is 0.00000324. The van der Waals surface area contributed by atoms with Gasteiger partial charge in [-0.05, 0) is 37.3 Å². The second-order valence-electron chi connectivity index (χ2n) is 9.47. The molecule has 2 atom stereocenters. The number of nitrogens with zero attached hydrogens (tertiary/aromatic N) is 5. The minimum absolute atomic E-state index is 0. The third kappa shape index (κ3) is 5.91. The lowest BCUT2D eigenvalue weighted by Gasteiger charge is -2.38. The van der Waals surface area contributed by atoms with E-state index in [-0.39, 0.29) is 19.4 Å². The molecular formula is C26H40N6O2. The Kier molecular flexibility index (Phi) is 9.36. The number of aromatic nitrogens is 2. The molecule has 0 spiro atoms. The molecule has 1 aromatic heterocycles. The summed E-state index contributed by atoms with van der Waals surface area (Å²) in [6, 6.07) is 8.13. The largest absolute Gasteiger partial charge is 0.385 e. The number of benzene rings is 1. The molecule has 0 bridgehead atoms. The SMILES string of the molecule is C.COCCCCn1c(C(=O)N(CC(C)C)[C@@H]2CNC[C@H](C3=NN=CC3)C2)nc2ccccc21. The van der Waals surface area contributed by atoms with Crippen LogP contribution in [0, 0.1) is 11.8 Å². The van der Waals surface area contributed by atoms with Crippen molar-refractivity contribution in [2.75, 3.05) is 33.4 Å². The zero-order valence-corrected chi connectivity index (χ0v) is 20.0. The van der Waals surface area contributed by atoms with E-state index < -0.39 is 0 Å². The molecule has 186 valence electrons. The summed E-state index contributed by atoms with van der Waals surface area (Å²) in [6.45, 7) is 8.18. The van der Waals surface area contributed by atoms with Gasteiger partial charge in [-0.2, -0.15) is 10.2 Å². The Morgan fingerprint density at radius 1 is 1.26 bits per heavy atom. The molecule has 1 fully saturated rings. The number of nitrogens with one attached hydrogen (secondary N) is 1. The Labute approximate surface area is 203 Å². The minimum Gasteiger partial charge on any atom is -0.385 e. The number of methoxy groups -OCH3 is 1. The molecule has 0 saturated carbocycles. The molecule has 0 aliphatic carbocycles. The van der Waals surface area contributed by atoms with Crippen LogP contribution < -0.4 is 5.32 Å². The molecule has 3 heterocycles. The lowest BCUT2D eigenvalue weighted by Crippen LogP contribution is -2.53. The maximum absolute atomic E-state index is 14.0. The average Bonchev–Trinajstić information content (AvgIpc) is 3.48. The normalized spacial score (nSPS) is 19.9. The zero-order valence-electron chi connectivity index (χ0n) is 20.0. The number of hydrogen-bond acceptors (Lipinski definition) is 6. The summed E-state index contributed by atoms with van der Waals surface area (Å²) < 4.78 is 7.31. The molecule has 1 amide bonds. The van der Waals surface area contributed by atoms with Gasteiger partial charge in [0, 0.05) is 64.5 Å². The summed E-state index contributed by atoms with van der Waals surface area (Å²) in [5, 5.41) is 11.9. The molecular weight excluding hydrogens is 428 g/mol. The standard InChI is InChI=1S/C25H36N6O2.CH4/c1-18(2)17-31(20-14-19(15-26-16-20)21-10-11-27-29-21)25(32)24-28-22-8-4-5-9-23(22)30(24)12-6-7-13-33-3;/h4-5,8-9,11,18-20,26H,6-7,10,12-17H2,1-3H3;1H4/t19-,20+;/m1./s1. The Bertz CT molecular complexity index is 1010. The van der Waals surface area contributed by atoms with Crippen LogP contribution in [0.2, 0.25) is 0 Å². The first kappa shape index (κ1) is 26.0. The number of amides is 1. The summed E-state index contributed by atoms with van der Waals surface area (Å²) in [7, 11) is 1.72. The minimum atomic E-state index is 0. The summed E-state index contributed by atoms with van der Waals surface area (Å²) in [5.74, 6) is 1.23. The lowest BCUT2D eigenvalue weighted by molar-refractivity contribution is 0.0589. The molecule has 1 N–H and O–H groups in total. The molecule has 0 unspecified atom stereocenters. The van der Waals surface area contributed by atoms with Crippen molar-refractivity contribution in [2.24, 2.45) is 22.0 Å². The molecule has 2 aromatic rings. The van der Waals surface area contributed by atoms with E-state index >= 15 is 0 Å². The van der Waals surface area contributed by atoms with Crippen LogP contribution in [0.5, 0.6) is 0 Å². The van der Waals surface area contributed by atoms with Gasteiger partial charge < -0.3 is 19.5 Å². The summed E-state index contributed by atoms with van der Waals surface area (Å²) in [4.78, 5) is 20.9. The van der Waals surface area contributed by atoms with Crippen LogP contribution >= 0.6 is 0 Å². The van der Waals surface area contributed by atoms with Gasteiger partial charge >= 0.3 is 0 Å². The van der Waals surface area contributed by atoms with Gasteiger partial charge in [-0.25, -0.2) is 4.98 Å². The van der Waals surface area contributed by atoms with Crippen LogP contribution in [-0.4, -0.2) is 71.7 Å². The van der Waals surface area contributed by atoms with Gasteiger partial charge in [-0.15, -0.1) is 0 Å². The molecule has 8 heteroatoms. The highest BCUT2D eigenvalue weighted by atomic mass is 16.5. The molecule has 1 aromatic carbocycles. The topological polar surface area (TPSA) is 84.1 Å². The van der Waals surface area contributed by atoms with E-state index in [4.69, 9.17) is 9.72 Å². The quantitative estimate of drug-likeness (QED) is 0.534. The van der Waals surface area contributed by atoms with Crippen LogP contribution in [0.3, 0.4) is 0 Å². The predicted molar refractivity (Wildman–Crippen MR) is 139 cm³/mol. The van der Waals surface area contributed by atoms with Crippen LogP contribution in [0.4, 0.5) is 0 Å². The summed E-state index contributed by atoms with van der Waals surface area (Å²) in [6.07, 6.45) is 5.47. The predicted octanol–water partition coefficient (Wildman–Crippen LogP) is 4.01. The van der Waals surface area contributed by atoms with Crippen LogP contribution in [0.25, 0.3) is 11.0 Å². The molecule has 4 rings (SSSR count). The van der Waals surface area contributed by atoms with Gasteiger partial charge in [0.15, 0.2) is 5.82 Å². The highest BCUT2D eigenvalue weighted by Gasteiger charge is 2.34. The van der Waals surface area contributed by atoms with Gasteiger partial charge in [0.2, 0.25) is 0 Å². The van der Waals surface area contributed by atoms with Crippen molar-refractivity contribution in [2.45, 2.75) is 59.5 Å². The Morgan fingerprint density at radius 2 is 2.09 bits per heavy atom. The fourth-order valence-electron chi connectivity index (χ4n) is 4.85. The Hall–Kier alpha value is -2.58. The average molecular weight is 469 g/mol. The van der Waals surface area contributed by atoms with Crippen molar-refractivity contribution in [3.63, 3.8) is 0 Å². The maximum atomic E-state index is 14.0. The molecule has 2 aliphatic heterocycles. The second kappa shape index (κ2) is 12.2. The van der Waals surface area contributed by atoms with E-state index in [1.165, 1.54) is 0 Å². The monoisotopic (exact) mass is 468 g/mol. The lowest BCUT2D eigenvalue weighted by atomic mass is 9.89. The van der Waals surface area contributed by atoms with E-state index in [1.54, 1.807) is 7.11 Å². The highest BCUT2D eigenvalue weighted by molar-refractivity contribution is 6.00. The number of carbonyl (C=O) groups is 1. The van der Waals surface area contributed by atoms with Crippen molar-refractivity contribution in [3.05, 3.63) is 30.1 Å². The number of rotatable bonds is 10. The number of fused-ring (bicyclic) bond motifs is 1. The first-order valence-corrected chi connectivity index (χ1v) is 12.1. The van der Waals surface area contributed by atoms with Crippen LogP contribution in [-0.2, 0) is 11.3 Å². The first-order chi connectivity index (χ1) is 16.1. The van der Waals surface area contributed by atoms with E-state index in [1.807, 2.05) is 29.3 Å². The van der Waals surface area contributed by atoms with E-state index in [0.29, 0.717) is 24.2 Å². The van der Waals surface area contributed by atoms with Crippen molar-refractivity contribution < 1.29 is 9.53 Å². The molecule has 8 nitrogen and oxygen atoms in total. The second-order valence-corrected chi connectivity index (χ2v) is 9.47. The molecule has 2 aliphatic rings. The zero-order chi connectivity index (χ0) is 23.2. The van der Waals surface area contributed by atoms with Gasteiger partial charge in [-0.3, -0.25) is 4.79 Å². The van der Waals surface area contributed by atoms with Gasteiger partial charge in [0.1, 0.15) is 0 Å². The molecule has 0 radical (unpaired) electrons. The van der Waals surface area contributed by atoms with Gasteiger partial charge in [0.05, 0.1) is 16.7 Å². The van der Waals surface area contributed by atoms with E-state index in [9.17, 15) is 4.79 Å². The van der Waals surface area contributed by atoms with Crippen molar-refractivity contribution >= 4 is 28.9 Å². The van der Waals surface area contributed by atoms with E-state index in [0.717, 1.165) is 68.7 Å². The number of piperidine rings is 1. The number of para-hydroxylation sites is 2. The molecule has 1 saturated heterocycles. The number of unbranched alkanes of at least 4 members (excludes halogenated alkanes) is 1. The number of hydrogen-bond donors (Lipinski definition) is 1. The highest BCUT2D eigenvalue weighted by Crippen LogP contribution is 2.24. The van der Waals surface area contributed by atoms with Crippen molar-refractivity contribution in [1.29, 1.82) is 0 Å².